The van der Waals surface area contributed by atoms with Crippen LogP contribution in [0.15, 0.2) is 36.4 Å². The molecule has 2 aromatic carbocycles. The van der Waals surface area contributed by atoms with E-state index in [1.54, 1.807) is 12.1 Å². The largest absolute Gasteiger partial charge is 0.206 e. The summed E-state index contributed by atoms with van der Waals surface area (Å²) in [5.74, 6) is 0.0666. The molecule has 0 N–H and O–H groups in total. The minimum Gasteiger partial charge on any atom is -0.206 e. The second kappa shape index (κ2) is 6.96. The Balaban J connectivity index is 1.76. The minimum absolute atomic E-state index is 0.169. The number of benzene rings is 2. The van der Waals surface area contributed by atoms with Gasteiger partial charge in [0.2, 0.25) is 0 Å². The van der Waals surface area contributed by atoms with E-state index < -0.39 is 0 Å². The van der Waals surface area contributed by atoms with Crippen LogP contribution in [0.25, 0.3) is 0 Å². The van der Waals surface area contributed by atoms with Crippen LogP contribution < -0.4 is 0 Å². The predicted molar refractivity (Wildman–Crippen MR) is 90.9 cm³/mol. The molecule has 1 aliphatic carbocycles. The highest BCUT2D eigenvalue weighted by atomic mass is 19.1. The smallest absolute Gasteiger partial charge is 0.141 e. The van der Waals surface area contributed by atoms with Crippen molar-refractivity contribution in [2.24, 2.45) is 0 Å². The molecule has 2 aromatic rings. The highest BCUT2D eigenvalue weighted by molar-refractivity contribution is 5.42. The van der Waals surface area contributed by atoms with Crippen LogP contribution in [0.5, 0.6) is 0 Å². The van der Waals surface area contributed by atoms with Gasteiger partial charge in [0, 0.05) is 0 Å². The third-order valence-corrected chi connectivity index (χ3v) is 4.91. The van der Waals surface area contributed by atoms with Crippen molar-refractivity contribution in [3.63, 3.8) is 0 Å². The van der Waals surface area contributed by atoms with Crippen LogP contribution in [0.4, 0.5) is 4.39 Å². The van der Waals surface area contributed by atoms with Gasteiger partial charge in [0.25, 0.3) is 0 Å². The van der Waals surface area contributed by atoms with Crippen molar-refractivity contribution in [1.82, 2.24) is 0 Å². The van der Waals surface area contributed by atoms with Crippen LogP contribution in [-0.2, 0) is 19.3 Å². The molecule has 0 saturated heterocycles. The molecule has 2 heteroatoms. The number of halogens is 1. The fourth-order valence-corrected chi connectivity index (χ4v) is 3.49. The van der Waals surface area contributed by atoms with Crippen LogP contribution in [-0.4, -0.2) is 0 Å². The van der Waals surface area contributed by atoms with E-state index in [4.69, 9.17) is 5.26 Å². The van der Waals surface area contributed by atoms with E-state index in [2.05, 4.69) is 31.2 Å². The monoisotopic (exact) mass is 307 g/mol. The highest BCUT2D eigenvalue weighted by Gasteiger charge is 2.21. The standard InChI is InChI=1S/C21H22FN/c1-2-3-4-15-5-7-16(8-6-15)17-9-10-18-12-20(14-23)21(22)13-19(18)11-17/h5-8,12-13,17H,2-4,9-11H2,1H3. The number of hydrogen-bond acceptors (Lipinski definition) is 1. The lowest BCUT2D eigenvalue weighted by Gasteiger charge is -2.25. The maximum atomic E-state index is 13.9. The van der Waals surface area contributed by atoms with Gasteiger partial charge in [0.1, 0.15) is 11.9 Å². The Labute approximate surface area is 137 Å². The van der Waals surface area contributed by atoms with Crippen molar-refractivity contribution in [1.29, 1.82) is 5.26 Å². The molecule has 0 amide bonds. The van der Waals surface area contributed by atoms with Crippen LogP contribution in [0, 0.1) is 17.1 Å². The first kappa shape index (κ1) is 15.7. The van der Waals surface area contributed by atoms with Crippen molar-refractivity contribution >= 4 is 0 Å². The van der Waals surface area contributed by atoms with Gasteiger partial charge in [0.15, 0.2) is 0 Å². The predicted octanol–water partition coefficient (Wildman–Crippen LogP) is 5.31. The van der Waals surface area contributed by atoms with Crippen LogP contribution in [0.1, 0.15) is 59.9 Å². The molecule has 1 unspecified atom stereocenters. The van der Waals surface area contributed by atoms with Gasteiger partial charge in [-0.05, 0) is 72.4 Å². The van der Waals surface area contributed by atoms with Gasteiger partial charge in [-0.2, -0.15) is 5.26 Å². The summed E-state index contributed by atoms with van der Waals surface area (Å²) in [4.78, 5) is 0. The molecule has 3 rings (SSSR count). The Morgan fingerprint density at radius 1 is 1.17 bits per heavy atom. The molecule has 0 saturated carbocycles. The number of nitriles is 1. The SMILES string of the molecule is CCCCc1ccc(C2CCc3cc(C#N)c(F)cc3C2)cc1. The number of unbranched alkanes of at least 4 members (excludes halogenated alkanes) is 1. The molecule has 0 spiro atoms. The number of rotatable bonds is 4. The molecular formula is C21H22FN. The Kier molecular flexibility index (Phi) is 4.76. The van der Waals surface area contributed by atoms with Crippen molar-refractivity contribution in [2.75, 3.05) is 0 Å². The van der Waals surface area contributed by atoms with Crippen molar-refractivity contribution < 1.29 is 4.39 Å². The molecule has 0 radical (unpaired) electrons. The van der Waals surface area contributed by atoms with E-state index in [9.17, 15) is 4.39 Å². The minimum atomic E-state index is -0.387. The first-order chi connectivity index (χ1) is 11.2. The summed E-state index contributed by atoms with van der Waals surface area (Å²) in [6.07, 6.45) is 6.46. The van der Waals surface area contributed by atoms with Gasteiger partial charge in [-0.25, -0.2) is 4.39 Å². The van der Waals surface area contributed by atoms with Gasteiger partial charge in [-0.3, -0.25) is 0 Å². The first-order valence-corrected chi connectivity index (χ1v) is 8.51. The average Bonchev–Trinajstić information content (AvgIpc) is 2.59. The van der Waals surface area contributed by atoms with E-state index in [0.29, 0.717) is 5.92 Å². The number of nitrogens with zero attached hydrogens (tertiary/aromatic N) is 1. The van der Waals surface area contributed by atoms with Crippen LogP contribution in [0.3, 0.4) is 0 Å². The summed E-state index contributed by atoms with van der Waals surface area (Å²) in [6.45, 7) is 2.21. The van der Waals surface area contributed by atoms with Gasteiger partial charge in [0.05, 0.1) is 5.56 Å². The Hall–Kier alpha value is -2.14. The van der Waals surface area contributed by atoms with Crippen molar-refractivity contribution in [2.45, 2.75) is 51.4 Å². The summed E-state index contributed by atoms with van der Waals surface area (Å²) in [7, 11) is 0. The van der Waals surface area contributed by atoms with E-state index >= 15 is 0 Å². The van der Waals surface area contributed by atoms with Gasteiger partial charge >= 0.3 is 0 Å². The first-order valence-electron chi connectivity index (χ1n) is 8.51. The molecule has 0 aliphatic heterocycles. The molecule has 0 aromatic heterocycles. The average molecular weight is 307 g/mol. The lowest BCUT2D eigenvalue weighted by molar-refractivity contribution is 0.570. The summed E-state index contributed by atoms with van der Waals surface area (Å²) in [5, 5.41) is 8.95. The fraction of sp³-hybridized carbons (Fsp3) is 0.381. The molecule has 23 heavy (non-hydrogen) atoms. The third-order valence-electron chi connectivity index (χ3n) is 4.91. The fourth-order valence-electron chi connectivity index (χ4n) is 3.49. The molecular weight excluding hydrogens is 285 g/mol. The van der Waals surface area contributed by atoms with E-state index in [0.717, 1.165) is 36.8 Å². The topological polar surface area (TPSA) is 23.8 Å². The highest BCUT2D eigenvalue weighted by Crippen LogP contribution is 2.34. The van der Waals surface area contributed by atoms with Gasteiger partial charge in [-0.15, -0.1) is 0 Å². The second-order valence-corrected chi connectivity index (χ2v) is 6.50. The van der Waals surface area contributed by atoms with E-state index in [1.807, 2.05) is 6.07 Å². The summed E-state index contributed by atoms with van der Waals surface area (Å²) < 4.78 is 13.9. The zero-order valence-electron chi connectivity index (χ0n) is 13.6. The third kappa shape index (κ3) is 3.45. The number of fused-ring (bicyclic) bond motifs is 1. The second-order valence-electron chi connectivity index (χ2n) is 6.50. The molecule has 1 atom stereocenters. The zero-order valence-corrected chi connectivity index (χ0v) is 13.6. The lowest BCUT2D eigenvalue weighted by Crippen LogP contribution is -2.13. The molecule has 118 valence electrons. The molecule has 0 bridgehead atoms. The number of hydrogen-bond donors (Lipinski definition) is 0. The normalized spacial score (nSPS) is 16.7. The van der Waals surface area contributed by atoms with E-state index in [-0.39, 0.29) is 11.4 Å². The van der Waals surface area contributed by atoms with Crippen molar-refractivity contribution in [3.05, 3.63) is 70.0 Å². The maximum absolute atomic E-state index is 13.9. The van der Waals surface area contributed by atoms with Crippen LogP contribution in [0.2, 0.25) is 0 Å². The molecule has 1 nitrogen and oxygen atoms in total. The molecule has 0 fully saturated rings. The van der Waals surface area contributed by atoms with Crippen molar-refractivity contribution in [3.8, 4) is 6.07 Å². The maximum Gasteiger partial charge on any atom is 0.141 e. The Bertz CT molecular complexity index is 725. The Morgan fingerprint density at radius 2 is 1.96 bits per heavy atom. The van der Waals surface area contributed by atoms with Gasteiger partial charge < -0.3 is 0 Å². The van der Waals surface area contributed by atoms with Crippen LogP contribution >= 0.6 is 0 Å². The lowest BCUT2D eigenvalue weighted by atomic mass is 9.79. The summed E-state index contributed by atoms with van der Waals surface area (Å²) in [6, 6.07) is 14.2. The van der Waals surface area contributed by atoms with Gasteiger partial charge in [-0.1, -0.05) is 37.6 Å². The quantitative estimate of drug-likeness (QED) is 0.750. The molecule has 0 heterocycles. The molecule has 1 aliphatic rings. The summed E-state index contributed by atoms with van der Waals surface area (Å²) in [5.41, 5.74) is 5.12. The summed E-state index contributed by atoms with van der Waals surface area (Å²) >= 11 is 0. The Morgan fingerprint density at radius 3 is 2.65 bits per heavy atom. The number of aryl methyl sites for hydroxylation is 2. The zero-order chi connectivity index (χ0) is 16.2. The van der Waals surface area contributed by atoms with E-state index in [1.165, 1.54) is 24.0 Å².